The maximum atomic E-state index is 12.3. The summed E-state index contributed by atoms with van der Waals surface area (Å²) in [5, 5.41) is 0.712. The number of benzene rings is 2. The van der Waals surface area contributed by atoms with Crippen LogP contribution in [0.15, 0.2) is 59.5 Å². The minimum absolute atomic E-state index is 0.0416. The monoisotopic (exact) mass is 402 g/mol. The van der Waals surface area contributed by atoms with Crippen LogP contribution in [0.3, 0.4) is 0 Å². The van der Waals surface area contributed by atoms with E-state index in [4.69, 9.17) is 9.47 Å². The van der Waals surface area contributed by atoms with Gasteiger partial charge in [-0.15, -0.1) is 0 Å². The molecule has 1 fully saturated rings. The average molecular weight is 402 g/mol. The Morgan fingerprint density at radius 3 is 2.67 bits per heavy atom. The molecule has 7 heteroatoms. The van der Waals surface area contributed by atoms with Crippen LogP contribution >= 0.6 is 0 Å². The number of H-pyrrole nitrogens is 1. The summed E-state index contributed by atoms with van der Waals surface area (Å²) in [6, 6.07) is 16.0. The molecular formula is C23H22N4O3. The molecule has 2 aliphatic heterocycles. The highest BCUT2D eigenvalue weighted by Gasteiger charge is 2.21. The Kier molecular flexibility index (Phi) is 3.95. The summed E-state index contributed by atoms with van der Waals surface area (Å²) in [6.07, 6.45) is 2.14. The number of nitrogens with one attached hydrogen (secondary N) is 1. The molecule has 0 saturated carbocycles. The van der Waals surface area contributed by atoms with Crippen LogP contribution < -0.4 is 19.9 Å². The molecule has 2 aromatic heterocycles. The summed E-state index contributed by atoms with van der Waals surface area (Å²) < 4.78 is 13.0. The number of hydrogen-bond acceptors (Lipinski definition) is 5. The van der Waals surface area contributed by atoms with Crippen molar-refractivity contribution in [2.45, 2.75) is 6.54 Å². The highest BCUT2D eigenvalue weighted by Crippen LogP contribution is 2.35. The maximum absolute atomic E-state index is 12.3. The van der Waals surface area contributed by atoms with Gasteiger partial charge in [0.05, 0.1) is 10.9 Å². The lowest BCUT2D eigenvalue weighted by atomic mass is 10.2. The van der Waals surface area contributed by atoms with E-state index >= 15 is 0 Å². The van der Waals surface area contributed by atoms with Gasteiger partial charge in [-0.05, 0) is 35.9 Å². The number of aromatic nitrogens is 2. The first-order chi connectivity index (χ1) is 14.7. The zero-order valence-corrected chi connectivity index (χ0v) is 16.5. The van der Waals surface area contributed by atoms with Crippen molar-refractivity contribution < 1.29 is 9.47 Å². The van der Waals surface area contributed by atoms with E-state index in [0.29, 0.717) is 12.2 Å². The third-order valence-electron chi connectivity index (χ3n) is 6.03. The molecule has 1 saturated heterocycles. The number of fused-ring (bicyclic) bond motifs is 4. The van der Waals surface area contributed by atoms with E-state index in [9.17, 15) is 4.79 Å². The summed E-state index contributed by atoms with van der Waals surface area (Å²) in [5.41, 5.74) is 4.12. The summed E-state index contributed by atoms with van der Waals surface area (Å²) in [4.78, 5) is 20.2. The van der Waals surface area contributed by atoms with Crippen LogP contribution in [0.1, 0.15) is 5.56 Å². The van der Waals surface area contributed by atoms with Gasteiger partial charge < -0.3 is 23.8 Å². The van der Waals surface area contributed by atoms with Crippen LogP contribution in [-0.2, 0) is 6.54 Å². The van der Waals surface area contributed by atoms with Gasteiger partial charge in [0.25, 0.3) is 5.56 Å². The van der Waals surface area contributed by atoms with Crippen molar-refractivity contribution in [3.63, 3.8) is 0 Å². The molecule has 152 valence electrons. The summed E-state index contributed by atoms with van der Waals surface area (Å²) in [7, 11) is 0. The zero-order chi connectivity index (χ0) is 20.1. The summed E-state index contributed by atoms with van der Waals surface area (Å²) in [5.74, 6) is 1.65. The number of aromatic amines is 1. The molecule has 0 bridgehead atoms. The molecule has 0 amide bonds. The summed E-state index contributed by atoms with van der Waals surface area (Å²) >= 11 is 0. The molecule has 2 aromatic carbocycles. The molecule has 6 rings (SSSR count). The summed E-state index contributed by atoms with van der Waals surface area (Å²) in [6.45, 7) is 5.07. The van der Waals surface area contributed by atoms with Gasteiger partial charge >= 0.3 is 0 Å². The SMILES string of the molecule is O=c1[nH]c2cc(CN3CCN(c4ccc5c(c4)OCO5)CC3)cn2c2ccccc12. The standard InChI is InChI=1S/C23H22N4O3/c28-23-18-3-1-2-4-19(18)27-14-16(11-22(27)24-23)13-25-7-9-26(10-8-25)17-5-6-20-21(12-17)30-15-29-20/h1-6,11-12,14H,7-10,13,15H2,(H,24,28). The Labute approximate surface area is 173 Å². The van der Waals surface area contributed by atoms with E-state index in [2.05, 4.69) is 43.6 Å². The Hall–Kier alpha value is -3.45. The molecule has 7 nitrogen and oxygen atoms in total. The fourth-order valence-electron chi connectivity index (χ4n) is 4.46. The van der Waals surface area contributed by atoms with Crippen LogP contribution in [0.4, 0.5) is 5.69 Å². The van der Waals surface area contributed by atoms with Gasteiger partial charge in [-0.1, -0.05) is 12.1 Å². The molecule has 4 aromatic rings. The predicted octanol–water partition coefficient (Wildman–Crippen LogP) is 2.83. The first-order valence-electron chi connectivity index (χ1n) is 10.2. The van der Waals surface area contributed by atoms with Gasteiger partial charge in [-0.3, -0.25) is 9.69 Å². The van der Waals surface area contributed by atoms with E-state index in [1.165, 1.54) is 11.3 Å². The van der Waals surface area contributed by atoms with Gasteiger partial charge in [0, 0.05) is 50.7 Å². The van der Waals surface area contributed by atoms with Gasteiger partial charge in [-0.2, -0.15) is 0 Å². The number of anilines is 1. The lowest BCUT2D eigenvalue weighted by Crippen LogP contribution is -2.45. The number of ether oxygens (including phenoxy) is 2. The van der Waals surface area contributed by atoms with E-state index < -0.39 is 0 Å². The Balaban J connectivity index is 1.18. The number of nitrogens with zero attached hydrogens (tertiary/aromatic N) is 3. The van der Waals surface area contributed by atoms with Crippen LogP contribution in [0.25, 0.3) is 16.6 Å². The Morgan fingerprint density at radius 1 is 0.933 bits per heavy atom. The number of para-hydroxylation sites is 1. The lowest BCUT2D eigenvalue weighted by Gasteiger charge is -2.36. The number of rotatable bonds is 3. The fourth-order valence-corrected chi connectivity index (χ4v) is 4.46. The fraction of sp³-hybridized carbons (Fsp3) is 0.261. The molecule has 1 N–H and O–H groups in total. The van der Waals surface area contributed by atoms with E-state index in [-0.39, 0.29) is 5.56 Å². The molecule has 4 heterocycles. The van der Waals surface area contributed by atoms with Crippen LogP contribution in [0.2, 0.25) is 0 Å². The Bertz CT molecular complexity index is 1300. The van der Waals surface area contributed by atoms with Gasteiger partial charge in [0.2, 0.25) is 6.79 Å². The van der Waals surface area contributed by atoms with Crippen molar-refractivity contribution in [2.24, 2.45) is 0 Å². The maximum Gasteiger partial charge on any atom is 0.258 e. The highest BCUT2D eigenvalue weighted by atomic mass is 16.7. The van der Waals surface area contributed by atoms with Crippen LogP contribution in [-0.4, -0.2) is 47.3 Å². The smallest absolute Gasteiger partial charge is 0.258 e. The topological polar surface area (TPSA) is 62.2 Å². The van der Waals surface area contributed by atoms with Crippen molar-refractivity contribution in [3.05, 3.63) is 70.6 Å². The molecule has 0 radical (unpaired) electrons. The molecule has 2 aliphatic rings. The molecular weight excluding hydrogens is 380 g/mol. The Morgan fingerprint density at radius 2 is 1.77 bits per heavy atom. The molecule has 0 aliphatic carbocycles. The molecule has 0 unspecified atom stereocenters. The van der Waals surface area contributed by atoms with Crippen LogP contribution in [0, 0.1) is 0 Å². The molecule has 0 atom stereocenters. The minimum atomic E-state index is -0.0416. The highest BCUT2D eigenvalue weighted by molar-refractivity contribution is 5.80. The second-order valence-electron chi connectivity index (χ2n) is 7.88. The van der Waals surface area contributed by atoms with Gasteiger partial charge in [0.1, 0.15) is 5.65 Å². The second kappa shape index (κ2) is 6.81. The van der Waals surface area contributed by atoms with Crippen molar-refractivity contribution in [1.29, 1.82) is 0 Å². The first kappa shape index (κ1) is 17.4. The van der Waals surface area contributed by atoms with Crippen LogP contribution in [0.5, 0.6) is 11.5 Å². The third-order valence-corrected chi connectivity index (χ3v) is 6.03. The quantitative estimate of drug-likeness (QED) is 0.571. The largest absolute Gasteiger partial charge is 0.454 e. The number of piperazine rings is 1. The predicted molar refractivity (Wildman–Crippen MR) is 116 cm³/mol. The zero-order valence-electron chi connectivity index (χ0n) is 16.5. The van der Waals surface area contributed by atoms with Crippen molar-refractivity contribution >= 4 is 22.2 Å². The van der Waals surface area contributed by atoms with Gasteiger partial charge in [-0.25, -0.2) is 0 Å². The first-order valence-corrected chi connectivity index (χ1v) is 10.2. The van der Waals surface area contributed by atoms with E-state index in [0.717, 1.165) is 55.4 Å². The van der Waals surface area contributed by atoms with Crippen molar-refractivity contribution in [1.82, 2.24) is 14.3 Å². The van der Waals surface area contributed by atoms with Gasteiger partial charge in [0.15, 0.2) is 11.5 Å². The normalized spacial score (nSPS) is 16.6. The third kappa shape index (κ3) is 2.90. The van der Waals surface area contributed by atoms with E-state index in [1.54, 1.807) is 0 Å². The molecule has 30 heavy (non-hydrogen) atoms. The lowest BCUT2D eigenvalue weighted by molar-refractivity contribution is 0.174. The minimum Gasteiger partial charge on any atom is -0.454 e. The van der Waals surface area contributed by atoms with Crippen molar-refractivity contribution in [2.75, 3.05) is 37.9 Å². The second-order valence-corrected chi connectivity index (χ2v) is 7.88. The average Bonchev–Trinajstić information content (AvgIpc) is 3.40. The van der Waals surface area contributed by atoms with Crippen molar-refractivity contribution in [3.8, 4) is 11.5 Å². The van der Waals surface area contributed by atoms with E-state index in [1.807, 2.05) is 30.3 Å². The number of hydrogen-bond donors (Lipinski definition) is 1. The molecule has 0 spiro atoms.